The fraction of sp³-hybridized carbons (Fsp3) is 0.562. The Morgan fingerprint density at radius 1 is 1.00 bits per heavy atom. The molecule has 6 nitrogen and oxygen atoms in total. The average molecular weight is 345 g/mol. The van der Waals surface area contributed by atoms with Crippen LogP contribution in [-0.4, -0.2) is 39.3 Å². The summed E-state index contributed by atoms with van der Waals surface area (Å²) in [5.41, 5.74) is 6.33. The number of benzene rings is 1. The van der Waals surface area contributed by atoms with Crippen LogP contribution < -0.4 is 25.3 Å². The highest BCUT2D eigenvalue weighted by molar-refractivity contribution is 5.98. The van der Waals surface area contributed by atoms with E-state index < -0.39 is 0 Å². The molecule has 0 saturated heterocycles. The maximum Gasteiger partial charge on any atom is 0.255 e. The maximum atomic E-state index is 12.5. The van der Waals surface area contributed by atoms with Crippen molar-refractivity contribution >= 4 is 18.3 Å². The topological polar surface area (TPSA) is 82.8 Å². The molecule has 1 fully saturated rings. The van der Waals surface area contributed by atoms with E-state index in [-0.39, 0.29) is 30.4 Å². The number of amides is 1. The number of nitrogens with one attached hydrogen (secondary N) is 1. The number of rotatable bonds is 5. The summed E-state index contributed by atoms with van der Waals surface area (Å²) in [6.45, 7) is 0. The van der Waals surface area contributed by atoms with Gasteiger partial charge in [0.2, 0.25) is 0 Å². The molecule has 130 valence electrons. The lowest BCUT2D eigenvalue weighted by atomic mass is 9.91. The van der Waals surface area contributed by atoms with Gasteiger partial charge in [-0.1, -0.05) is 0 Å². The van der Waals surface area contributed by atoms with E-state index in [1.807, 2.05) is 0 Å². The van der Waals surface area contributed by atoms with Gasteiger partial charge in [0.05, 0.1) is 26.9 Å². The number of nitrogens with two attached hydrogens (primary N) is 1. The van der Waals surface area contributed by atoms with Crippen LogP contribution in [0.3, 0.4) is 0 Å². The van der Waals surface area contributed by atoms with E-state index in [1.54, 1.807) is 19.2 Å². The van der Waals surface area contributed by atoms with Crippen molar-refractivity contribution in [2.45, 2.75) is 37.8 Å². The van der Waals surface area contributed by atoms with Crippen molar-refractivity contribution < 1.29 is 19.0 Å². The third kappa shape index (κ3) is 4.65. The highest BCUT2D eigenvalue weighted by Crippen LogP contribution is 2.34. The molecule has 1 aliphatic rings. The molecule has 0 aliphatic heterocycles. The van der Waals surface area contributed by atoms with E-state index in [2.05, 4.69) is 5.32 Å². The van der Waals surface area contributed by atoms with Crippen molar-refractivity contribution in [3.8, 4) is 17.2 Å². The summed E-state index contributed by atoms with van der Waals surface area (Å²) >= 11 is 0. The van der Waals surface area contributed by atoms with Crippen LogP contribution in [-0.2, 0) is 0 Å². The quantitative estimate of drug-likeness (QED) is 0.855. The second-order valence-corrected chi connectivity index (χ2v) is 5.49. The molecule has 7 heteroatoms. The predicted octanol–water partition coefficient (Wildman–Crippen LogP) is 2.13. The summed E-state index contributed by atoms with van der Waals surface area (Å²) in [5, 5.41) is 3.05. The normalized spacial score (nSPS) is 20.2. The van der Waals surface area contributed by atoms with E-state index in [9.17, 15) is 4.79 Å². The van der Waals surface area contributed by atoms with Gasteiger partial charge in [-0.3, -0.25) is 4.79 Å². The minimum absolute atomic E-state index is 0. The molecule has 0 heterocycles. The van der Waals surface area contributed by atoms with Gasteiger partial charge in [0, 0.05) is 24.2 Å². The minimum Gasteiger partial charge on any atom is -0.496 e. The van der Waals surface area contributed by atoms with Crippen molar-refractivity contribution in [3.05, 3.63) is 17.7 Å². The van der Waals surface area contributed by atoms with Crippen LogP contribution in [0, 0.1) is 0 Å². The zero-order valence-corrected chi connectivity index (χ0v) is 14.6. The van der Waals surface area contributed by atoms with Gasteiger partial charge in [0.1, 0.15) is 5.75 Å². The van der Waals surface area contributed by atoms with Crippen molar-refractivity contribution in [2.75, 3.05) is 21.3 Å². The predicted molar refractivity (Wildman–Crippen MR) is 91.0 cm³/mol. The third-order valence-corrected chi connectivity index (χ3v) is 4.06. The lowest BCUT2D eigenvalue weighted by Gasteiger charge is -2.27. The van der Waals surface area contributed by atoms with E-state index in [0.29, 0.717) is 22.8 Å². The summed E-state index contributed by atoms with van der Waals surface area (Å²) in [6.07, 6.45) is 3.69. The first-order valence-electron chi connectivity index (χ1n) is 7.45. The number of hydrogen-bond acceptors (Lipinski definition) is 5. The highest BCUT2D eigenvalue weighted by atomic mass is 35.5. The Kier molecular flexibility index (Phi) is 7.45. The minimum atomic E-state index is -0.168. The van der Waals surface area contributed by atoms with Crippen molar-refractivity contribution in [2.24, 2.45) is 5.73 Å². The number of halogens is 1. The van der Waals surface area contributed by atoms with Gasteiger partial charge in [-0.2, -0.15) is 0 Å². The Balaban J connectivity index is 0.00000264. The zero-order chi connectivity index (χ0) is 16.1. The first-order valence-corrected chi connectivity index (χ1v) is 7.45. The molecule has 3 N–H and O–H groups in total. The van der Waals surface area contributed by atoms with E-state index >= 15 is 0 Å². The molecule has 0 radical (unpaired) electrons. The second-order valence-electron chi connectivity index (χ2n) is 5.49. The molecule has 1 aromatic rings. The fourth-order valence-electron chi connectivity index (χ4n) is 2.73. The second kappa shape index (κ2) is 8.84. The Morgan fingerprint density at radius 3 is 2.04 bits per heavy atom. The Morgan fingerprint density at radius 2 is 1.52 bits per heavy atom. The molecule has 1 aliphatic carbocycles. The Hall–Kier alpha value is -1.66. The van der Waals surface area contributed by atoms with E-state index in [1.165, 1.54) is 14.2 Å². The molecular formula is C16H25ClN2O4. The van der Waals surface area contributed by atoms with Crippen LogP contribution in [0.5, 0.6) is 17.2 Å². The third-order valence-electron chi connectivity index (χ3n) is 4.06. The molecule has 1 aromatic carbocycles. The molecule has 0 unspecified atom stereocenters. The van der Waals surface area contributed by atoms with Crippen molar-refractivity contribution in [1.29, 1.82) is 0 Å². The lowest BCUT2D eigenvalue weighted by molar-refractivity contribution is 0.0922. The largest absolute Gasteiger partial charge is 0.496 e. The number of hydrogen-bond donors (Lipinski definition) is 2. The van der Waals surface area contributed by atoms with Gasteiger partial charge >= 0.3 is 0 Å². The van der Waals surface area contributed by atoms with Crippen LogP contribution >= 0.6 is 12.4 Å². The SMILES string of the molecule is COc1cc(OC)c(C(=O)NC2CCC(N)CC2)cc1OC.Cl. The van der Waals surface area contributed by atoms with Gasteiger partial charge in [0.25, 0.3) is 5.91 Å². The van der Waals surface area contributed by atoms with Crippen molar-refractivity contribution in [3.63, 3.8) is 0 Å². The highest BCUT2D eigenvalue weighted by Gasteiger charge is 2.23. The fourth-order valence-corrected chi connectivity index (χ4v) is 2.73. The lowest BCUT2D eigenvalue weighted by Crippen LogP contribution is -2.40. The van der Waals surface area contributed by atoms with Crippen LogP contribution in [0.2, 0.25) is 0 Å². The molecule has 23 heavy (non-hydrogen) atoms. The summed E-state index contributed by atoms with van der Waals surface area (Å²) < 4.78 is 15.8. The first kappa shape index (κ1) is 19.4. The molecule has 0 atom stereocenters. The van der Waals surface area contributed by atoms with Crippen molar-refractivity contribution in [1.82, 2.24) is 5.32 Å². The Bertz CT molecular complexity index is 531. The molecule has 1 saturated carbocycles. The summed E-state index contributed by atoms with van der Waals surface area (Å²) in [7, 11) is 4.61. The van der Waals surface area contributed by atoms with Gasteiger partial charge < -0.3 is 25.3 Å². The number of carbonyl (C=O) groups excluding carboxylic acids is 1. The zero-order valence-electron chi connectivity index (χ0n) is 13.8. The molecule has 1 amide bonds. The van der Waals surface area contributed by atoms with Crippen LogP contribution in [0.1, 0.15) is 36.0 Å². The standard InChI is InChI=1S/C16H24N2O4.ClH/c1-20-13-9-15(22-3)14(21-2)8-12(13)16(19)18-11-6-4-10(17)5-7-11;/h8-11H,4-7,17H2,1-3H3,(H,18,19);1H. The van der Waals surface area contributed by atoms with E-state index in [4.69, 9.17) is 19.9 Å². The maximum absolute atomic E-state index is 12.5. The molecule has 2 rings (SSSR count). The average Bonchev–Trinajstić information content (AvgIpc) is 2.55. The number of ether oxygens (including phenoxy) is 3. The molecule has 0 spiro atoms. The smallest absolute Gasteiger partial charge is 0.255 e. The van der Waals surface area contributed by atoms with E-state index in [0.717, 1.165) is 25.7 Å². The van der Waals surface area contributed by atoms with Gasteiger partial charge in [0.15, 0.2) is 11.5 Å². The monoisotopic (exact) mass is 344 g/mol. The number of carbonyl (C=O) groups is 1. The van der Waals surface area contributed by atoms with Crippen LogP contribution in [0.4, 0.5) is 0 Å². The summed E-state index contributed by atoms with van der Waals surface area (Å²) in [6, 6.07) is 3.71. The molecule has 0 aromatic heterocycles. The summed E-state index contributed by atoms with van der Waals surface area (Å²) in [4.78, 5) is 12.5. The number of methoxy groups -OCH3 is 3. The summed E-state index contributed by atoms with van der Waals surface area (Å²) in [5.74, 6) is 1.32. The molecule has 0 bridgehead atoms. The van der Waals surface area contributed by atoms with Gasteiger partial charge in [-0.15, -0.1) is 12.4 Å². The van der Waals surface area contributed by atoms with Crippen LogP contribution in [0.15, 0.2) is 12.1 Å². The first-order chi connectivity index (χ1) is 10.6. The Labute approximate surface area is 143 Å². The van der Waals surface area contributed by atoms with Crippen LogP contribution in [0.25, 0.3) is 0 Å². The van der Waals surface area contributed by atoms with Gasteiger partial charge in [-0.05, 0) is 25.7 Å². The molecular weight excluding hydrogens is 320 g/mol. The van der Waals surface area contributed by atoms with Gasteiger partial charge in [-0.25, -0.2) is 0 Å².